The van der Waals surface area contributed by atoms with Crippen LogP contribution in [0.1, 0.15) is 37.1 Å². The fourth-order valence-electron chi connectivity index (χ4n) is 4.61. The second kappa shape index (κ2) is 5.19. The highest BCUT2D eigenvalue weighted by atomic mass is 31.0. The largest absolute Gasteiger partial charge is 0.329 e. The molecule has 1 aliphatic carbocycles. The van der Waals surface area contributed by atoms with Gasteiger partial charge in [0.1, 0.15) is 0 Å². The monoisotopic (exact) mass is 364 g/mol. The highest BCUT2D eigenvalue weighted by Crippen LogP contribution is 2.70. The lowest BCUT2D eigenvalue weighted by molar-refractivity contribution is 0.594. The fourth-order valence-corrected chi connectivity index (χ4v) is 5.56. The van der Waals surface area contributed by atoms with Crippen LogP contribution in [0.5, 0.6) is 0 Å². The molecule has 1 saturated carbocycles. The molecule has 2 aromatic heterocycles. The van der Waals surface area contributed by atoms with E-state index in [-0.39, 0.29) is 5.41 Å². The highest BCUT2D eigenvalue weighted by Gasteiger charge is 2.61. The SMILES string of the molecule is CC1(C)C(c2cc3ccccc3n2P)C1c1cc2ccccc2n1P. The molecule has 2 aromatic carbocycles. The molecule has 25 heavy (non-hydrogen) atoms. The number of hydrogen-bond acceptors (Lipinski definition) is 0. The first-order chi connectivity index (χ1) is 12.0. The van der Waals surface area contributed by atoms with Gasteiger partial charge in [0.25, 0.3) is 0 Å². The van der Waals surface area contributed by atoms with Crippen molar-refractivity contribution in [3.8, 4) is 0 Å². The van der Waals surface area contributed by atoms with Crippen molar-refractivity contribution in [1.82, 2.24) is 8.68 Å². The molecular formula is C21H22N2P2. The molecule has 0 aliphatic heterocycles. The lowest BCUT2D eigenvalue weighted by Crippen LogP contribution is -1.93. The van der Waals surface area contributed by atoms with Gasteiger partial charge in [-0.15, -0.1) is 0 Å². The summed E-state index contributed by atoms with van der Waals surface area (Å²) < 4.78 is 4.61. The average molecular weight is 364 g/mol. The first-order valence-electron chi connectivity index (χ1n) is 8.71. The summed E-state index contributed by atoms with van der Waals surface area (Å²) in [6.07, 6.45) is 0. The van der Waals surface area contributed by atoms with Crippen molar-refractivity contribution >= 4 is 40.6 Å². The molecule has 0 saturated heterocycles. The number of benzene rings is 2. The van der Waals surface area contributed by atoms with Crippen molar-refractivity contribution in [3.63, 3.8) is 0 Å². The van der Waals surface area contributed by atoms with Crippen molar-refractivity contribution < 1.29 is 0 Å². The second-order valence-corrected chi connectivity index (χ2v) is 8.81. The topological polar surface area (TPSA) is 9.86 Å². The summed E-state index contributed by atoms with van der Waals surface area (Å²) in [7, 11) is 5.83. The van der Waals surface area contributed by atoms with Crippen molar-refractivity contribution in [1.29, 1.82) is 0 Å². The molecule has 0 bridgehead atoms. The van der Waals surface area contributed by atoms with Crippen LogP contribution in [0.15, 0.2) is 60.7 Å². The molecule has 0 spiro atoms. The molecule has 4 heteroatoms. The first-order valence-corrected chi connectivity index (χ1v) is 9.74. The minimum Gasteiger partial charge on any atom is -0.329 e. The fraction of sp³-hybridized carbons (Fsp3) is 0.238. The van der Waals surface area contributed by atoms with E-state index in [0.717, 1.165) is 0 Å². The molecule has 0 amide bonds. The van der Waals surface area contributed by atoms with E-state index in [9.17, 15) is 0 Å². The summed E-state index contributed by atoms with van der Waals surface area (Å²) in [4.78, 5) is 0. The quantitative estimate of drug-likeness (QED) is 0.399. The summed E-state index contributed by atoms with van der Waals surface area (Å²) in [5, 5.41) is 2.64. The third kappa shape index (κ3) is 2.11. The molecule has 0 radical (unpaired) electrons. The lowest BCUT2D eigenvalue weighted by Gasteiger charge is -2.05. The van der Waals surface area contributed by atoms with E-state index in [1.807, 2.05) is 0 Å². The molecule has 4 aromatic rings. The Morgan fingerprint density at radius 2 is 1.12 bits per heavy atom. The van der Waals surface area contributed by atoms with E-state index in [2.05, 4.69) is 102 Å². The third-order valence-corrected chi connectivity index (χ3v) is 7.17. The summed E-state index contributed by atoms with van der Waals surface area (Å²) in [5.41, 5.74) is 5.66. The zero-order valence-corrected chi connectivity index (χ0v) is 16.8. The van der Waals surface area contributed by atoms with Gasteiger partial charge >= 0.3 is 0 Å². The van der Waals surface area contributed by atoms with Crippen LogP contribution >= 0.6 is 18.8 Å². The van der Waals surface area contributed by atoms with Crippen LogP contribution in [0.4, 0.5) is 0 Å². The molecule has 2 heterocycles. The standard InChI is InChI=1S/C21H22N2P2/c1-21(2)19(17-11-13-7-3-5-9-15(13)22(17)24)20(21)18-12-14-8-4-6-10-16(14)23(18)25/h3-12,19-20H,24-25H2,1-2H3. The van der Waals surface area contributed by atoms with Gasteiger partial charge in [0.2, 0.25) is 0 Å². The Morgan fingerprint density at radius 3 is 1.52 bits per heavy atom. The molecule has 1 fully saturated rings. The van der Waals surface area contributed by atoms with Gasteiger partial charge in [-0.1, -0.05) is 50.2 Å². The summed E-state index contributed by atoms with van der Waals surface area (Å²) in [5.74, 6) is 1.06. The van der Waals surface area contributed by atoms with E-state index in [0.29, 0.717) is 11.8 Å². The van der Waals surface area contributed by atoms with Gasteiger partial charge in [-0.05, 0) is 48.5 Å². The Labute approximate surface area is 152 Å². The van der Waals surface area contributed by atoms with E-state index >= 15 is 0 Å². The number of fused-ring (bicyclic) bond motifs is 2. The predicted molar refractivity (Wildman–Crippen MR) is 113 cm³/mol. The Kier molecular flexibility index (Phi) is 3.25. The smallest absolute Gasteiger partial charge is 0.0511 e. The summed E-state index contributed by atoms with van der Waals surface area (Å²) >= 11 is 0. The maximum atomic E-state index is 2.92. The van der Waals surface area contributed by atoms with E-state index in [4.69, 9.17) is 0 Å². The van der Waals surface area contributed by atoms with Crippen LogP contribution in [0, 0.1) is 5.41 Å². The van der Waals surface area contributed by atoms with Crippen molar-refractivity contribution in [2.75, 3.05) is 0 Å². The lowest BCUT2D eigenvalue weighted by atomic mass is 10.1. The molecule has 0 N–H and O–H groups in total. The van der Waals surface area contributed by atoms with Gasteiger partial charge in [0.05, 0.1) is 11.0 Å². The van der Waals surface area contributed by atoms with E-state index in [1.54, 1.807) is 0 Å². The molecule has 2 nitrogen and oxygen atoms in total. The van der Waals surface area contributed by atoms with Crippen LogP contribution in [-0.4, -0.2) is 8.68 Å². The van der Waals surface area contributed by atoms with Gasteiger partial charge in [-0.3, -0.25) is 0 Å². The number of para-hydroxylation sites is 2. The van der Waals surface area contributed by atoms with Crippen LogP contribution in [0.3, 0.4) is 0 Å². The minimum absolute atomic E-state index is 0.255. The Hall–Kier alpha value is -1.62. The zero-order chi connectivity index (χ0) is 17.3. The first kappa shape index (κ1) is 15.6. The van der Waals surface area contributed by atoms with Crippen molar-refractivity contribution in [2.45, 2.75) is 25.7 Å². The number of nitrogens with zero attached hydrogens (tertiary/aromatic N) is 2. The Balaban J connectivity index is 1.65. The molecule has 126 valence electrons. The molecule has 4 atom stereocenters. The van der Waals surface area contributed by atoms with E-state index in [1.165, 1.54) is 33.2 Å². The third-order valence-electron chi connectivity index (χ3n) is 6.02. The van der Waals surface area contributed by atoms with Crippen LogP contribution in [-0.2, 0) is 0 Å². The number of rotatable bonds is 2. The van der Waals surface area contributed by atoms with Gasteiger partial charge in [-0.25, -0.2) is 0 Å². The van der Waals surface area contributed by atoms with E-state index < -0.39 is 0 Å². The van der Waals surface area contributed by atoms with Crippen LogP contribution in [0.2, 0.25) is 0 Å². The predicted octanol–water partition coefficient (Wildman–Crippen LogP) is 5.78. The van der Waals surface area contributed by atoms with Gasteiger partial charge in [0, 0.05) is 34.0 Å². The van der Waals surface area contributed by atoms with Gasteiger partial charge < -0.3 is 8.68 Å². The van der Waals surface area contributed by atoms with Crippen molar-refractivity contribution in [3.05, 3.63) is 72.1 Å². The normalized spacial score (nSPS) is 21.9. The van der Waals surface area contributed by atoms with Gasteiger partial charge in [-0.2, -0.15) is 0 Å². The van der Waals surface area contributed by atoms with Crippen LogP contribution in [0.25, 0.3) is 21.8 Å². The number of aromatic nitrogens is 2. The summed E-state index contributed by atoms with van der Waals surface area (Å²) in [6.45, 7) is 4.79. The Morgan fingerprint density at radius 1 is 0.720 bits per heavy atom. The maximum absolute atomic E-state index is 2.92. The Bertz CT molecular complexity index is 1030. The van der Waals surface area contributed by atoms with Crippen molar-refractivity contribution in [2.24, 2.45) is 5.41 Å². The summed E-state index contributed by atoms with van der Waals surface area (Å²) in [6, 6.07) is 22.0. The number of hydrogen-bond donors (Lipinski definition) is 0. The second-order valence-electron chi connectivity index (χ2n) is 7.77. The van der Waals surface area contributed by atoms with Crippen LogP contribution < -0.4 is 0 Å². The zero-order valence-electron chi connectivity index (χ0n) is 14.5. The van der Waals surface area contributed by atoms with Gasteiger partial charge in [0.15, 0.2) is 0 Å². The molecular weight excluding hydrogens is 342 g/mol. The highest BCUT2D eigenvalue weighted by molar-refractivity contribution is 7.15. The average Bonchev–Trinajstić information content (AvgIpc) is 2.88. The maximum Gasteiger partial charge on any atom is 0.0511 e. The molecule has 4 unspecified atom stereocenters. The molecule has 5 rings (SSSR count). The molecule has 1 aliphatic rings. The minimum atomic E-state index is 0.255.